The van der Waals surface area contributed by atoms with Crippen LogP contribution in [0.5, 0.6) is 0 Å². The van der Waals surface area contributed by atoms with Crippen molar-refractivity contribution in [2.45, 2.75) is 45.3 Å². The SMILES string of the molecule is [B]C(C(=O)CCC)C(=O)CCC. The first-order valence-electron chi connectivity index (χ1n) is 4.44. The Kier molecular flexibility index (Phi) is 5.68. The number of carbonyl (C=O) groups is 2. The van der Waals surface area contributed by atoms with Crippen molar-refractivity contribution in [3.8, 4) is 0 Å². The molecule has 0 aliphatic heterocycles. The van der Waals surface area contributed by atoms with Gasteiger partial charge in [0.2, 0.25) is 0 Å². The first kappa shape index (κ1) is 11.4. The van der Waals surface area contributed by atoms with E-state index in [1.165, 1.54) is 0 Å². The molecular formula is C9H15BO2. The first-order valence-corrected chi connectivity index (χ1v) is 4.44. The Morgan fingerprint density at radius 2 is 1.42 bits per heavy atom. The zero-order valence-electron chi connectivity index (χ0n) is 7.80. The average molecular weight is 166 g/mol. The second kappa shape index (κ2) is 5.98. The highest BCUT2D eigenvalue weighted by Gasteiger charge is 2.18. The summed E-state index contributed by atoms with van der Waals surface area (Å²) in [7, 11) is 5.43. The summed E-state index contributed by atoms with van der Waals surface area (Å²) >= 11 is 0. The monoisotopic (exact) mass is 166 g/mol. The van der Waals surface area contributed by atoms with Crippen LogP contribution >= 0.6 is 0 Å². The number of Topliss-reactive ketones (excluding diaryl/α,β-unsaturated/α-hetero) is 2. The van der Waals surface area contributed by atoms with Crippen LogP contribution in [0, 0.1) is 0 Å². The molecule has 0 aromatic heterocycles. The second-order valence-corrected chi connectivity index (χ2v) is 2.91. The van der Waals surface area contributed by atoms with Crippen LogP contribution < -0.4 is 0 Å². The van der Waals surface area contributed by atoms with Gasteiger partial charge < -0.3 is 0 Å². The van der Waals surface area contributed by atoms with Crippen molar-refractivity contribution in [1.29, 1.82) is 0 Å². The average Bonchev–Trinajstić information content (AvgIpc) is 2.04. The number of carbonyl (C=O) groups excluding carboxylic acids is 2. The van der Waals surface area contributed by atoms with Crippen LogP contribution in [-0.4, -0.2) is 19.4 Å². The maximum absolute atomic E-state index is 11.1. The zero-order chi connectivity index (χ0) is 9.56. The Morgan fingerprint density at radius 1 is 1.08 bits per heavy atom. The van der Waals surface area contributed by atoms with Crippen molar-refractivity contribution in [3.63, 3.8) is 0 Å². The number of ketones is 2. The van der Waals surface area contributed by atoms with Crippen molar-refractivity contribution >= 4 is 19.4 Å². The van der Waals surface area contributed by atoms with Gasteiger partial charge >= 0.3 is 0 Å². The van der Waals surface area contributed by atoms with Crippen LogP contribution in [0.15, 0.2) is 0 Å². The van der Waals surface area contributed by atoms with E-state index in [-0.39, 0.29) is 11.6 Å². The van der Waals surface area contributed by atoms with Gasteiger partial charge in [-0.15, -0.1) is 0 Å². The molecular weight excluding hydrogens is 151 g/mol. The third-order valence-corrected chi connectivity index (χ3v) is 1.69. The van der Waals surface area contributed by atoms with Gasteiger partial charge in [-0.1, -0.05) is 13.8 Å². The van der Waals surface area contributed by atoms with E-state index in [0.29, 0.717) is 12.8 Å². The number of hydrogen-bond acceptors (Lipinski definition) is 2. The van der Waals surface area contributed by atoms with E-state index in [4.69, 9.17) is 7.85 Å². The van der Waals surface area contributed by atoms with E-state index >= 15 is 0 Å². The number of rotatable bonds is 6. The van der Waals surface area contributed by atoms with Crippen LogP contribution in [0.25, 0.3) is 0 Å². The van der Waals surface area contributed by atoms with E-state index in [2.05, 4.69) is 0 Å². The molecule has 0 aromatic carbocycles. The molecule has 0 unspecified atom stereocenters. The Morgan fingerprint density at radius 3 is 1.67 bits per heavy atom. The summed E-state index contributed by atoms with van der Waals surface area (Å²) in [6.07, 6.45) is 2.34. The van der Waals surface area contributed by atoms with Crippen LogP contribution in [0.1, 0.15) is 39.5 Å². The molecule has 66 valence electrons. The molecule has 0 heterocycles. The Balaban J connectivity index is 3.91. The van der Waals surface area contributed by atoms with Gasteiger partial charge in [0.25, 0.3) is 0 Å². The summed E-state index contributed by atoms with van der Waals surface area (Å²) in [5.74, 6) is -1.13. The minimum atomic E-state index is -0.870. The van der Waals surface area contributed by atoms with Crippen LogP contribution in [0.4, 0.5) is 0 Å². The summed E-state index contributed by atoms with van der Waals surface area (Å²) in [4.78, 5) is 22.2. The van der Waals surface area contributed by atoms with E-state index in [0.717, 1.165) is 12.8 Å². The molecule has 2 radical (unpaired) electrons. The van der Waals surface area contributed by atoms with E-state index in [1.807, 2.05) is 13.8 Å². The number of hydrogen-bond donors (Lipinski definition) is 0. The maximum atomic E-state index is 11.1. The second-order valence-electron chi connectivity index (χ2n) is 2.91. The summed E-state index contributed by atoms with van der Waals surface area (Å²) < 4.78 is 0. The Labute approximate surface area is 75.1 Å². The molecule has 0 saturated carbocycles. The van der Waals surface area contributed by atoms with Crippen molar-refractivity contribution in [2.24, 2.45) is 0 Å². The summed E-state index contributed by atoms with van der Waals surface area (Å²) in [5, 5.41) is 0. The lowest BCUT2D eigenvalue weighted by Crippen LogP contribution is -2.17. The van der Waals surface area contributed by atoms with E-state index < -0.39 is 5.82 Å². The molecule has 0 rings (SSSR count). The van der Waals surface area contributed by atoms with Gasteiger partial charge in [0, 0.05) is 18.7 Å². The molecule has 0 atom stereocenters. The van der Waals surface area contributed by atoms with E-state index in [1.54, 1.807) is 0 Å². The molecule has 0 bridgehead atoms. The molecule has 0 spiro atoms. The fraction of sp³-hybridized carbons (Fsp3) is 0.778. The van der Waals surface area contributed by atoms with Crippen LogP contribution in [-0.2, 0) is 9.59 Å². The van der Waals surface area contributed by atoms with Crippen LogP contribution in [0.3, 0.4) is 0 Å². The molecule has 0 aliphatic carbocycles. The highest BCUT2D eigenvalue weighted by molar-refractivity contribution is 6.36. The Hall–Kier alpha value is -0.595. The molecule has 0 aliphatic rings. The topological polar surface area (TPSA) is 34.1 Å². The smallest absolute Gasteiger partial charge is 0.134 e. The lowest BCUT2D eigenvalue weighted by Gasteiger charge is -2.07. The summed E-state index contributed by atoms with van der Waals surface area (Å²) in [6.45, 7) is 3.80. The molecule has 0 aromatic rings. The Bertz CT molecular complexity index is 148. The predicted molar refractivity (Wildman–Crippen MR) is 49.3 cm³/mol. The normalized spacial score (nSPS) is 10.2. The van der Waals surface area contributed by atoms with Gasteiger partial charge in [0.05, 0.1) is 7.85 Å². The lowest BCUT2D eigenvalue weighted by molar-refractivity contribution is -0.126. The highest BCUT2D eigenvalue weighted by atomic mass is 16.1. The molecule has 0 saturated heterocycles. The quantitative estimate of drug-likeness (QED) is 0.444. The molecule has 0 fully saturated rings. The molecule has 0 amide bonds. The third kappa shape index (κ3) is 3.70. The summed E-state index contributed by atoms with van der Waals surface area (Å²) in [6, 6.07) is 0. The lowest BCUT2D eigenvalue weighted by atomic mass is 9.77. The minimum Gasteiger partial charge on any atom is -0.300 e. The highest BCUT2D eigenvalue weighted by Crippen LogP contribution is 2.10. The van der Waals surface area contributed by atoms with E-state index in [9.17, 15) is 9.59 Å². The predicted octanol–water partition coefficient (Wildman–Crippen LogP) is 1.68. The fourth-order valence-electron chi connectivity index (χ4n) is 0.983. The van der Waals surface area contributed by atoms with Gasteiger partial charge in [0.1, 0.15) is 11.6 Å². The van der Waals surface area contributed by atoms with Crippen molar-refractivity contribution in [2.75, 3.05) is 0 Å². The summed E-state index contributed by atoms with van der Waals surface area (Å²) in [5.41, 5.74) is 0. The molecule has 12 heavy (non-hydrogen) atoms. The van der Waals surface area contributed by atoms with Crippen molar-refractivity contribution in [3.05, 3.63) is 0 Å². The largest absolute Gasteiger partial charge is 0.300 e. The maximum Gasteiger partial charge on any atom is 0.134 e. The standard InChI is InChI=1S/C9H15BO2/c1-3-5-7(11)9(10)8(12)6-4-2/h9H,3-6H2,1-2H3. The van der Waals surface area contributed by atoms with Gasteiger partial charge in [-0.2, -0.15) is 0 Å². The molecule has 3 heteroatoms. The zero-order valence-corrected chi connectivity index (χ0v) is 7.80. The van der Waals surface area contributed by atoms with Crippen LogP contribution in [0.2, 0.25) is 5.82 Å². The van der Waals surface area contributed by atoms with Gasteiger partial charge in [0.15, 0.2) is 0 Å². The minimum absolute atomic E-state index is 0.129. The third-order valence-electron chi connectivity index (χ3n) is 1.69. The van der Waals surface area contributed by atoms with Crippen molar-refractivity contribution in [1.82, 2.24) is 0 Å². The molecule has 2 nitrogen and oxygen atoms in total. The van der Waals surface area contributed by atoms with Gasteiger partial charge in [-0.3, -0.25) is 9.59 Å². The van der Waals surface area contributed by atoms with Gasteiger partial charge in [-0.25, -0.2) is 0 Å². The fourth-order valence-corrected chi connectivity index (χ4v) is 0.983. The van der Waals surface area contributed by atoms with Gasteiger partial charge in [-0.05, 0) is 12.8 Å². The first-order chi connectivity index (χ1) is 5.63. The molecule has 0 N–H and O–H groups in total. The van der Waals surface area contributed by atoms with Crippen molar-refractivity contribution < 1.29 is 9.59 Å².